The molecule has 1 aromatic carbocycles. The molecule has 4 fully saturated rings. The molecule has 0 aromatic heterocycles. The van der Waals surface area contributed by atoms with Crippen LogP contribution in [0.25, 0.3) is 0 Å². The molecule has 5 heteroatoms. The first-order chi connectivity index (χ1) is 16.0. The second-order valence-corrected chi connectivity index (χ2v) is 12.9. The van der Waals surface area contributed by atoms with E-state index in [1.165, 1.54) is 11.1 Å². The van der Waals surface area contributed by atoms with Crippen molar-refractivity contribution in [3.63, 3.8) is 0 Å². The zero-order chi connectivity index (χ0) is 24.3. The number of ether oxygens (including phenoxy) is 2. The molecule has 1 aromatic rings. The molecule has 2 spiro atoms. The first-order valence-electron chi connectivity index (χ1n) is 13.1. The fourth-order valence-corrected chi connectivity index (χ4v) is 9.19. The molecular formula is C29H41NO4. The molecule has 0 amide bonds. The molecule has 4 aliphatic carbocycles. The monoisotopic (exact) mass is 467 g/mol. The summed E-state index contributed by atoms with van der Waals surface area (Å²) < 4.78 is 13.4. The lowest BCUT2D eigenvalue weighted by Gasteiger charge is -2.75. The number of aliphatic hydroxyl groups is 1. The fourth-order valence-electron chi connectivity index (χ4n) is 9.19. The summed E-state index contributed by atoms with van der Waals surface area (Å²) in [4.78, 5) is 2.68. The van der Waals surface area contributed by atoms with Crippen molar-refractivity contribution in [2.75, 3.05) is 20.2 Å². The fraction of sp³-hybridized carbons (Fsp3) is 0.724. The van der Waals surface area contributed by atoms with Gasteiger partial charge in [0.05, 0.1) is 5.60 Å². The van der Waals surface area contributed by atoms with Crippen molar-refractivity contribution in [2.24, 2.45) is 16.7 Å². The molecule has 7 rings (SSSR count). The van der Waals surface area contributed by atoms with E-state index in [4.69, 9.17) is 9.47 Å². The number of rotatable bonds is 4. The SMILES string of the molecule is C/C=C/CN1CC[C@]23c4c5ccc(O)c4O[C@H]2[C@@]2(OC)CC[C@@]3(C[C@@H]2[C@](C)(O)C(C)(C)C)[C@H]1C5. The number of methoxy groups -OCH3 is 1. The van der Waals surface area contributed by atoms with E-state index in [1.54, 1.807) is 0 Å². The van der Waals surface area contributed by atoms with Crippen LogP contribution in [0, 0.1) is 16.7 Å². The van der Waals surface area contributed by atoms with Gasteiger partial charge in [0.15, 0.2) is 11.5 Å². The van der Waals surface area contributed by atoms with Gasteiger partial charge in [-0.3, -0.25) is 4.90 Å². The number of benzene rings is 1. The van der Waals surface area contributed by atoms with Crippen LogP contribution in [0.4, 0.5) is 0 Å². The molecule has 3 saturated carbocycles. The molecular weight excluding hydrogens is 426 g/mol. The largest absolute Gasteiger partial charge is 0.504 e. The second kappa shape index (κ2) is 6.80. The maximum absolute atomic E-state index is 12.2. The highest BCUT2D eigenvalue weighted by Crippen LogP contribution is 2.77. The first-order valence-corrected chi connectivity index (χ1v) is 13.1. The van der Waals surface area contributed by atoms with Gasteiger partial charge in [-0.25, -0.2) is 0 Å². The maximum atomic E-state index is 12.2. The average Bonchev–Trinajstić information content (AvgIpc) is 3.16. The number of phenols is 1. The topological polar surface area (TPSA) is 62.2 Å². The molecule has 7 atom stereocenters. The maximum Gasteiger partial charge on any atom is 0.165 e. The van der Waals surface area contributed by atoms with Gasteiger partial charge in [-0.15, -0.1) is 0 Å². The first kappa shape index (κ1) is 22.9. The third-order valence-electron chi connectivity index (χ3n) is 11.2. The summed E-state index contributed by atoms with van der Waals surface area (Å²) in [6.07, 6.45) is 9.10. The minimum absolute atomic E-state index is 0.0102. The van der Waals surface area contributed by atoms with Crippen LogP contribution in [-0.4, -0.2) is 58.7 Å². The predicted octanol–water partition coefficient (Wildman–Crippen LogP) is 4.58. The van der Waals surface area contributed by atoms with Gasteiger partial charge in [0.1, 0.15) is 11.7 Å². The molecule has 4 bridgehead atoms. The summed E-state index contributed by atoms with van der Waals surface area (Å²) in [6.45, 7) is 12.5. The molecule has 34 heavy (non-hydrogen) atoms. The third kappa shape index (κ3) is 2.33. The van der Waals surface area contributed by atoms with E-state index < -0.39 is 11.2 Å². The van der Waals surface area contributed by atoms with Crippen molar-refractivity contribution in [3.05, 3.63) is 35.4 Å². The Morgan fingerprint density at radius 1 is 1.21 bits per heavy atom. The van der Waals surface area contributed by atoms with Crippen molar-refractivity contribution in [1.29, 1.82) is 0 Å². The van der Waals surface area contributed by atoms with Crippen LogP contribution in [0.2, 0.25) is 0 Å². The van der Waals surface area contributed by atoms with Gasteiger partial charge in [0.25, 0.3) is 0 Å². The van der Waals surface area contributed by atoms with E-state index in [0.29, 0.717) is 11.8 Å². The van der Waals surface area contributed by atoms with E-state index in [9.17, 15) is 10.2 Å². The number of allylic oxidation sites excluding steroid dienone is 1. The zero-order valence-electron chi connectivity index (χ0n) is 21.6. The molecule has 2 aliphatic heterocycles. The number of aromatic hydroxyl groups is 1. The lowest BCUT2D eigenvalue weighted by atomic mass is 9.33. The normalized spacial score (nSPS) is 41.9. The Bertz CT molecular complexity index is 1060. The number of hydrogen-bond donors (Lipinski definition) is 2. The van der Waals surface area contributed by atoms with Crippen molar-refractivity contribution >= 4 is 0 Å². The molecule has 5 nitrogen and oxygen atoms in total. The van der Waals surface area contributed by atoms with Gasteiger partial charge in [0.2, 0.25) is 0 Å². The Labute approximate surface area is 204 Å². The number of piperidine rings is 1. The molecule has 1 saturated heterocycles. The van der Waals surface area contributed by atoms with Crippen LogP contribution in [0.15, 0.2) is 24.3 Å². The van der Waals surface area contributed by atoms with Gasteiger partial charge in [-0.1, -0.05) is 39.0 Å². The summed E-state index contributed by atoms with van der Waals surface area (Å²) in [5, 5.41) is 23.1. The highest BCUT2D eigenvalue weighted by atomic mass is 16.6. The van der Waals surface area contributed by atoms with E-state index in [-0.39, 0.29) is 34.0 Å². The molecule has 2 N–H and O–H groups in total. The number of nitrogens with zero attached hydrogens (tertiary/aromatic N) is 1. The van der Waals surface area contributed by atoms with Crippen LogP contribution >= 0.6 is 0 Å². The zero-order valence-corrected chi connectivity index (χ0v) is 21.6. The lowest BCUT2D eigenvalue weighted by molar-refractivity contribution is -0.312. The molecule has 0 unspecified atom stereocenters. The van der Waals surface area contributed by atoms with Crippen LogP contribution in [0.1, 0.15) is 71.4 Å². The summed E-state index contributed by atoms with van der Waals surface area (Å²) in [5.74, 6) is 0.878. The van der Waals surface area contributed by atoms with Crippen molar-refractivity contribution in [3.8, 4) is 11.5 Å². The van der Waals surface area contributed by atoms with Crippen molar-refractivity contribution < 1.29 is 19.7 Å². The Morgan fingerprint density at radius 2 is 1.97 bits per heavy atom. The van der Waals surface area contributed by atoms with E-state index in [1.807, 2.05) is 20.1 Å². The smallest absolute Gasteiger partial charge is 0.165 e. The van der Waals surface area contributed by atoms with Crippen molar-refractivity contribution in [1.82, 2.24) is 4.90 Å². The van der Waals surface area contributed by atoms with Crippen molar-refractivity contribution in [2.45, 2.75) is 95.5 Å². The molecule has 186 valence electrons. The summed E-state index contributed by atoms with van der Waals surface area (Å²) in [5.41, 5.74) is 0.574. The van der Waals surface area contributed by atoms with Crippen LogP contribution in [0.5, 0.6) is 11.5 Å². The van der Waals surface area contributed by atoms with Gasteiger partial charge in [-0.2, -0.15) is 0 Å². The highest BCUT2D eigenvalue weighted by Gasteiger charge is 2.82. The quantitative estimate of drug-likeness (QED) is 0.635. The number of likely N-dealkylation sites (tertiary alicyclic amines) is 1. The van der Waals surface area contributed by atoms with Gasteiger partial charge >= 0.3 is 0 Å². The standard InChI is InChI=1S/C29H41NO4/c1-7-8-14-30-15-13-28-22-18-9-10-19(31)23(22)34-24(28)29(33-6)12-11-27(28,21(30)16-18)17-20(29)26(5,32)25(2,3)4/h7-10,20-21,24,31-32H,11-17H2,1-6H3/b8-7+/t20-,21-,24-,26+,27-,28+,29-/m1/s1. The Morgan fingerprint density at radius 3 is 2.65 bits per heavy atom. The Balaban J connectivity index is 1.62. The van der Waals surface area contributed by atoms with Crippen LogP contribution < -0.4 is 4.74 Å². The van der Waals surface area contributed by atoms with Crippen LogP contribution in [0.3, 0.4) is 0 Å². The minimum Gasteiger partial charge on any atom is -0.504 e. The van der Waals surface area contributed by atoms with E-state index >= 15 is 0 Å². The minimum atomic E-state index is -0.930. The van der Waals surface area contributed by atoms with E-state index in [0.717, 1.165) is 45.2 Å². The summed E-state index contributed by atoms with van der Waals surface area (Å²) in [6, 6.07) is 4.33. The molecule has 0 radical (unpaired) electrons. The Hall–Kier alpha value is -1.56. The summed E-state index contributed by atoms with van der Waals surface area (Å²) in [7, 11) is 1.81. The van der Waals surface area contributed by atoms with Gasteiger partial charge < -0.3 is 19.7 Å². The molecule has 2 heterocycles. The lowest BCUT2D eigenvalue weighted by Crippen LogP contribution is -2.83. The number of phenolic OH excluding ortho intramolecular Hbond substituents is 1. The van der Waals surface area contributed by atoms with Crippen LogP contribution in [-0.2, 0) is 16.6 Å². The van der Waals surface area contributed by atoms with E-state index in [2.05, 4.69) is 50.8 Å². The number of hydrogen-bond acceptors (Lipinski definition) is 5. The number of fused-ring (bicyclic) bond motifs is 2. The second-order valence-electron chi connectivity index (χ2n) is 12.9. The third-order valence-corrected chi connectivity index (χ3v) is 11.2. The average molecular weight is 468 g/mol. The van der Waals surface area contributed by atoms with Gasteiger partial charge in [0, 0.05) is 42.0 Å². The predicted molar refractivity (Wildman–Crippen MR) is 132 cm³/mol. The summed E-state index contributed by atoms with van der Waals surface area (Å²) >= 11 is 0. The Kier molecular flexibility index (Phi) is 4.58. The highest BCUT2D eigenvalue weighted by molar-refractivity contribution is 5.63. The molecule has 6 aliphatic rings. The van der Waals surface area contributed by atoms with Gasteiger partial charge in [-0.05, 0) is 69.5 Å².